The van der Waals surface area contributed by atoms with Crippen molar-refractivity contribution in [1.29, 1.82) is 0 Å². The van der Waals surface area contributed by atoms with Gasteiger partial charge in [0.05, 0.1) is 0 Å². The van der Waals surface area contributed by atoms with E-state index in [0.717, 1.165) is 24.2 Å². The Hall–Kier alpha value is -2.09. The van der Waals surface area contributed by atoms with Crippen molar-refractivity contribution >= 4 is 5.71 Å². The third-order valence-electron chi connectivity index (χ3n) is 2.76. The molecule has 0 aliphatic carbocycles. The Kier molecular flexibility index (Phi) is 4.13. The monoisotopic (exact) mass is 239 g/mol. The highest BCUT2D eigenvalue weighted by molar-refractivity contribution is 6.02. The molecule has 2 nitrogen and oxygen atoms in total. The highest BCUT2D eigenvalue weighted by Crippen LogP contribution is 2.13. The highest BCUT2D eigenvalue weighted by atomic mass is 16.3. The predicted octanol–water partition coefficient (Wildman–Crippen LogP) is 3.44. The van der Waals surface area contributed by atoms with Crippen LogP contribution < -0.4 is 0 Å². The predicted molar refractivity (Wildman–Crippen MR) is 75.3 cm³/mol. The van der Waals surface area contributed by atoms with Crippen LogP contribution in [0.2, 0.25) is 0 Å². The van der Waals surface area contributed by atoms with Crippen LogP contribution in [0.3, 0.4) is 0 Å². The van der Waals surface area contributed by atoms with Gasteiger partial charge in [0, 0.05) is 18.7 Å². The number of nitrogens with zero attached hydrogens (tertiary/aromatic N) is 1. The van der Waals surface area contributed by atoms with Crippen molar-refractivity contribution in [2.24, 2.45) is 4.99 Å². The number of rotatable bonds is 4. The number of phenols is 1. The lowest BCUT2D eigenvalue weighted by atomic mass is 10.0. The summed E-state index contributed by atoms with van der Waals surface area (Å²) in [7, 11) is 0. The molecule has 0 amide bonds. The summed E-state index contributed by atoms with van der Waals surface area (Å²) in [5, 5.41) is 9.32. The maximum atomic E-state index is 9.32. The van der Waals surface area contributed by atoms with Gasteiger partial charge in [0.2, 0.25) is 0 Å². The molecule has 0 bridgehead atoms. The number of aromatic hydroxyl groups is 1. The number of hydrogen-bond acceptors (Lipinski definition) is 2. The van der Waals surface area contributed by atoms with Crippen molar-refractivity contribution in [3.63, 3.8) is 0 Å². The number of hydrogen-bond donors (Lipinski definition) is 1. The SMILES string of the molecule is CC/N=C(/Cc1ccccc1)c1ccc(O)cc1. The molecular weight excluding hydrogens is 222 g/mol. The summed E-state index contributed by atoms with van der Waals surface area (Å²) < 4.78 is 0. The van der Waals surface area contributed by atoms with Gasteiger partial charge in [-0.1, -0.05) is 30.3 Å². The zero-order valence-electron chi connectivity index (χ0n) is 10.5. The molecule has 2 heteroatoms. The molecule has 2 aromatic rings. The van der Waals surface area contributed by atoms with Crippen molar-refractivity contribution in [1.82, 2.24) is 0 Å². The van der Waals surface area contributed by atoms with Crippen molar-refractivity contribution in [2.75, 3.05) is 6.54 Å². The van der Waals surface area contributed by atoms with Crippen LogP contribution in [0.25, 0.3) is 0 Å². The smallest absolute Gasteiger partial charge is 0.115 e. The van der Waals surface area contributed by atoms with Crippen molar-refractivity contribution < 1.29 is 5.11 Å². The number of aliphatic imine (C=N–C) groups is 1. The first kappa shape index (κ1) is 12.4. The molecule has 0 fully saturated rings. The van der Waals surface area contributed by atoms with E-state index >= 15 is 0 Å². The minimum atomic E-state index is 0.286. The third kappa shape index (κ3) is 3.20. The molecule has 0 heterocycles. The van der Waals surface area contributed by atoms with E-state index < -0.39 is 0 Å². The zero-order chi connectivity index (χ0) is 12.8. The lowest BCUT2D eigenvalue weighted by Gasteiger charge is -2.07. The lowest BCUT2D eigenvalue weighted by molar-refractivity contribution is 0.475. The van der Waals surface area contributed by atoms with E-state index in [1.165, 1.54) is 5.56 Å². The molecule has 0 aromatic heterocycles. The van der Waals surface area contributed by atoms with Gasteiger partial charge in [0.25, 0.3) is 0 Å². The van der Waals surface area contributed by atoms with E-state index in [1.807, 2.05) is 37.3 Å². The van der Waals surface area contributed by atoms with E-state index in [1.54, 1.807) is 12.1 Å². The molecule has 0 saturated carbocycles. The first-order valence-electron chi connectivity index (χ1n) is 6.16. The molecule has 0 unspecified atom stereocenters. The van der Waals surface area contributed by atoms with Crippen molar-refractivity contribution in [2.45, 2.75) is 13.3 Å². The summed E-state index contributed by atoms with van der Waals surface area (Å²) in [6.45, 7) is 2.80. The van der Waals surface area contributed by atoms with Crippen LogP contribution in [0.4, 0.5) is 0 Å². The fourth-order valence-electron chi connectivity index (χ4n) is 1.88. The van der Waals surface area contributed by atoms with Crippen LogP contribution in [0.1, 0.15) is 18.1 Å². The summed E-state index contributed by atoms with van der Waals surface area (Å²) in [6, 6.07) is 17.5. The van der Waals surface area contributed by atoms with Crippen LogP contribution in [0.5, 0.6) is 5.75 Å². The molecule has 0 aliphatic rings. The number of benzene rings is 2. The second-order valence-corrected chi connectivity index (χ2v) is 4.13. The summed E-state index contributed by atoms with van der Waals surface area (Å²) in [4.78, 5) is 4.55. The molecule has 92 valence electrons. The van der Waals surface area contributed by atoms with Gasteiger partial charge < -0.3 is 5.11 Å². The van der Waals surface area contributed by atoms with Crippen LogP contribution in [0.15, 0.2) is 59.6 Å². The van der Waals surface area contributed by atoms with Gasteiger partial charge >= 0.3 is 0 Å². The van der Waals surface area contributed by atoms with Gasteiger partial charge in [0.1, 0.15) is 5.75 Å². The maximum absolute atomic E-state index is 9.32. The van der Waals surface area contributed by atoms with E-state index in [2.05, 4.69) is 17.1 Å². The normalized spacial score (nSPS) is 11.5. The van der Waals surface area contributed by atoms with Gasteiger partial charge in [-0.15, -0.1) is 0 Å². The van der Waals surface area contributed by atoms with Gasteiger partial charge in [-0.3, -0.25) is 4.99 Å². The second kappa shape index (κ2) is 6.01. The molecular formula is C16H17NO. The molecule has 0 aliphatic heterocycles. The Morgan fingerprint density at radius 2 is 1.67 bits per heavy atom. The molecule has 18 heavy (non-hydrogen) atoms. The Balaban J connectivity index is 2.24. The molecule has 2 rings (SSSR count). The third-order valence-corrected chi connectivity index (χ3v) is 2.76. The van der Waals surface area contributed by atoms with Gasteiger partial charge in [-0.05, 0) is 42.3 Å². The van der Waals surface area contributed by atoms with E-state index in [9.17, 15) is 5.11 Å². The Morgan fingerprint density at radius 1 is 1.00 bits per heavy atom. The van der Waals surface area contributed by atoms with Gasteiger partial charge in [-0.2, -0.15) is 0 Å². The zero-order valence-corrected chi connectivity index (χ0v) is 10.5. The first-order valence-corrected chi connectivity index (χ1v) is 6.16. The van der Waals surface area contributed by atoms with Crippen LogP contribution in [-0.2, 0) is 6.42 Å². The molecule has 0 atom stereocenters. The topological polar surface area (TPSA) is 32.6 Å². The first-order chi connectivity index (χ1) is 8.79. The highest BCUT2D eigenvalue weighted by Gasteiger charge is 2.04. The quantitative estimate of drug-likeness (QED) is 0.814. The molecule has 0 radical (unpaired) electrons. The molecule has 2 aromatic carbocycles. The van der Waals surface area contributed by atoms with Crippen molar-refractivity contribution in [3.8, 4) is 5.75 Å². The minimum Gasteiger partial charge on any atom is -0.508 e. The minimum absolute atomic E-state index is 0.286. The molecule has 1 N–H and O–H groups in total. The fourth-order valence-corrected chi connectivity index (χ4v) is 1.88. The second-order valence-electron chi connectivity index (χ2n) is 4.13. The summed E-state index contributed by atoms with van der Waals surface area (Å²) in [6.07, 6.45) is 0.819. The Bertz CT molecular complexity index is 515. The van der Waals surface area contributed by atoms with Crippen molar-refractivity contribution in [3.05, 3.63) is 65.7 Å². The summed E-state index contributed by atoms with van der Waals surface area (Å²) >= 11 is 0. The Morgan fingerprint density at radius 3 is 2.28 bits per heavy atom. The van der Waals surface area contributed by atoms with Crippen LogP contribution >= 0.6 is 0 Å². The Labute approximate surface area is 108 Å². The van der Waals surface area contributed by atoms with Crippen LogP contribution in [0, 0.1) is 0 Å². The van der Waals surface area contributed by atoms with E-state index in [-0.39, 0.29) is 5.75 Å². The van der Waals surface area contributed by atoms with E-state index in [4.69, 9.17) is 0 Å². The fraction of sp³-hybridized carbons (Fsp3) is 0.188. The molecule has 0 spiro atoms. The largest absolute Gasteiger partial charge is 0.508 e. The van der Waals surface area contributed by atoms with E-state index in [0.29, 0.717) is 0 Å². The lowest BCUT2D eigenvalue weighted by Crippen LogP contribution is -2.06. The van der Waals surface area contributed by atoms with Gasteiger partial charge in [0.15, 0.2) is 0 Å². The summed E-state index contributed by atoms with van der Waals surface area (Å²) in [5.41, 5.74) is 3.37. The van der Waals surface area contributed by atoms with Gasteiger partial charge in [-0.25, -0.2) is 0 Å². The van der Waals surface area contributed by atoms with Crippen LogP contribution in [-0.4, -0.2) is 17.4 Å². The number of phenolic OH excluding ortho intramolecular Hbond substituents is 1. The summed E-state index contributed by atoms with van der Waals surface area (Å²) in [5.74, 6) is 0.286. The average Bonchev–Trinajstić information content (AvgIpc) is 2.40. The standard InChI is InChI=1S/C16H17NO/c1-2-17-16(12-13-6-4-3-5-7-13)14-8-10-15(18)11-9-14/h3-11,18H,2,12H2,1H3/b17-16-. The average molecular weight is 239 g/mol. The maximum Gasteiger partial charge on any atom is 0.115 e. The molecule has 0 saturated heterocycles.